The fraction of sp³-hybridized carbons (Fsp3) is 0.0714. The molecule has 0 radical (unpaired) electrons. The van der Waals surface area contributed by atoms with Crippen molar-refractivity contribution in [1.82, 2.24) is 0 Å². The summed E-state index contributed by atoms with van der Waals surface area (Å²) in [5.74, 6) is -1.44. The van der Waals surface area contributed by atoms with Crippen molar-refractivity contribution >= 4 is 54.7 Å². The molecular weight excluding hydrogens is 466 g/mol. The molecule has 0 unspecified atom stereocenters. The van der Waals surface area contributed by atoms with Crippen LogP contribution in [0.2, 0.25) is 0 Å². The molecule has 1 aliphatic heterocycles. The number of anilines is 1. The van der Waals surface area contributed by atoms with Crippen LogP contribution < -0.4 is 64.1 Å². The van der Waals surface area contributed by atoms with Crippen molar-refractivity contribution < 1.29 is 94.6 Å². The predicted molar refractivity (Wildman–Crippen MR) is 90.6 cm³/mol. The van der Waals surface area contributed by atoms with E-state index in [1.165, 1.54) is 22.8 Å². The minimum atomic E-state index is -5.13. The van der Waals surface area contributed by atoms with Gasteiger partial charge in [0.2, 0.25) is 5.78 Å². The van der Waals surface area contributed by atoms with Gasteiger partial charge in [-0.1, -0.05) is 0 Å². The number of benzene rings is 1. The summed E-state index contributed by atoms with van der Waals surface area (Å²) in [6.45, 7) is 0. The Balaban J connectivity index is 0.00000210. The number of hydrogen-bond acceptors (Lipinski definition) is 10. The summed E-state index contributed by atoms with van der Waals surface area (Å²) in [5.41, 5.74) is -0.663. The first-order chi connectivity index (χ1) is 12.5. The molecule has 0 bridgehead atoms. The number of nitrogens with zero attached hydrogens (tertiary/aromatic N) is 2. The van der Waals surface area contributed by atoms with Gasteiger partial charge < -0.3 is 9.11 Å². The van der Waals surface area contributed by atoms with E-state index < -0.39 is 53.8 Å². The largest absolute Gasteiger partial charge is 1.00 e. The van der Waals surface area contributed by atoms with Gasteiger partial charge in [0.25, 0.3) is 5.91 Å². The van der Waals surface area contributed by atoms with E-state index in [0.717, 1.165) is 0 Å². The maximum absolute atomic E-state index is 12.3. The average Bonchev–Trinajstić information content (AvgIpc) is 3.21. The first-order valence-electron chi connectivity index (χ1n) is 7.01. The summed E-state index contributed by atoms with van der Waals surface area (Å²) in [5, 5.41) is 7.35. The fourth-order valence-corrected chi connectivity index (χ4v) is 4.10. The van der Waals surface area contributed by atoms with Crippen molar-refractivity contribution in [2.45, 2.75) is 16.2 Å². The van der Waals surface area contributed by atoms with E-state index in [1.54, 1.807) is 5.38 Å². The molecule has 0 saturated carbocycles. The van der Waals surface area contributed by atoms with Crippen molar-refractivity contribution in [3.05, 3.63) is 40.6 Å². The SMILES string of the molecule is O=C(C1=NN(c2cc(S(=O)(=O)[O-])ccc2S(=O)(=O)[O-])C(=O)C1)c1ccsc1.[Na+].[Na+]. The molecule has 1 aliphatic rings. The maximum Gasteiger partial charge on any atom is 1.00 e. The average molecular weight is 474 g/mol. The summed E-state index contributed by atoms with van der Waals surface area (Å²) >= 11 is 1.24. The smallest absolute Gasteiger partial charge is 0.744 e. The van der Waals surface area contributed by atoms with Crippen LogP contribution in [0.4, 0.5) is 5.69 Å². The van der Waals surface area contributed by atoms with Crippen molar-refractivity contribution in [1.29, 1.82) is 0 Å². The number of hydrogen-bond donors (Lipinski definition) is 0. The fourth-order valence-electron chi connectivity index (χ4n) is 2.33. The number of carbonyl (C=O) groups excluding carboxylic acids is 2. The second-order valence-corrected chi connectivity index (χ2v) is 8.82. The normalized spacial score (nSPS) is 14.1. The Morgan fingerprint density at radius 2 is 1.72 bits per heavy atom. The summed E-state index contributed by atoms with van der Waals surface area (Å²) in [6, 6.07) is 3.30. The third kappa shape index (κ3) is 5.83. The zero-order valence-corrected chi connectivity index (χ0v) is 21.5. The first kappa shape index (κ1) is 26.6. The molecule has 2 heterocycles. The van der Waals surface area contributed by atoms with Crippen LogP contribution in [-0.4, -0.2) is 43.3 Å². The van der Waals surface area contributed by atoms with Gasteiger partial charge in [-0.3, -0.25) is 9.59 Å². The van der Waals surface area contributed by atoms with Crippen LogP contribution in [0.25, 0.3) is 0 Å². The Morgan fingerprint density at radius 3 is 2.24 bits per heavy atom. The van der Waals surface area contributed by atoms with Gasteiger partial charge in [0.1, 0.15) is 25.9 Å². The Labute approximate surface area is 214 Å². The van der Waals surface area contributed by atoms with E-state index in [4.69, 9.17) is 0 Å². The third-order valence-electron chi connectivity index (χ3n) is 3.54. The molecule has 0 saturated heterocycles. The number of Topliss-reactive ketones (excluding diaryl/α,β-unsaturated/α-hetero) is 1. The molecule has 10 nitrogen and oxygen atoms in total. The summed E-state index contributed by atoms with van der Waals surface area (Å²) in [7, 11) is -10.1. The number of carbonyl (C=O) groups is 2. The minimum Gasteiger partial charge on any atom is -0.744 e. The zero-order valence-electron chi connectivity index (χ0n) is 15.1. The van der Waals surface area contributed by atoms with E-state index >= 15 is 0 Å². The topological polar surface area (TPSA) is 164 Å². The molecule has 3 rings (SSSR count). The summed E-state index contributed by atoms with van der Waals surface area (Å²) < 4.78 is 67.9. The van der Waals surface area contributed by atoms with Gasteiger partial charge in [-0.15, -0.1) is 0 Å². The van der Waals surface area contributed by atoms with Crippen LogP contribution in [0.1, 0.15) is 16.8 Å². The Hall–Kier alpha value is -0.450. The van der Waals surface area contributed by atoms with Gasteiger partial charge in [-0.2, -0.15) is 21.4 Å². The number of hydrazone groups is 1. The Morgan fingerprint density at radius 1 is 1.07 bits per heavy atom. The van der Waals surface area contributed by atoms with Gasteiger partial charge >= 0.3 is 59.1 Å². The van der Waals surface area contributed by atoms with Gasteiger partial charge in [-0.05, 0) is 29.6 Å². The molecule has 0 atom stereocenters. The maximum atomic E-state index is 12.3. The molecule has 1 aromatic heterocycles. The van der Waals surface area contributed by atoms with Crippen LogP contribution in [0.3, 0.4) is 0 Å². The number of amides is 1. The van der Waals surface area contributed by atoms with Crippen molar-refractivity contribution in [3.8, 4) is 0 Å². The van der Waals surface area contributed by atoms with E-state index in [2.05, 4.69) is 5.10 Å². The second kappa shape index (κ2) is 9.78. The summed E-state index contributed by atoms with van der Waals surface area (Å²) in [4.78, 5) is 22.7. The van der Waals surface area contributed by atoms with Gasteiger partial charge in [0, 0.05) is 10.9 Å². The molecular formula is C14H8N2Na2O8S3. The van der Waals surface area contributed by atoms with E-state index in [1.807, 2.05) is 0 Å². The molecule has 2 aromatic rings. The monoisotopic (exact) mass is 474 g/mol. The van der Waals surface area contributed by atoms with Crippen LogP contribution in [0.5, 0.6) is 0 Å². The van der Waals surface area contributed by atoms with Crippen molar-refractivity contribution in [2.24, 2.45) is 5.10 Å². The molecule has 1 amide bonds. The Bertz CT molecular complexity index is 1190. The number of ketones is 1. The molecule has 1 aromatic carbocycles. The standard InChI is InChI=1S/C14H10N2O8S3.2Na/c17-13-6-10(14(18)8-3-4-25-7-8)15-16(13)11-5-9(26(19,20)21)1-2-12(11)27(22,23)24;;/h1-5,7H,6H2,(H,19,20,21)(H,22,23,24);;/q;2*+1/p-2. The molecule has 0 fully saturated rings. The summed E-state index contributed by atoms with van der Waals surface area (Å²) in [6.07, 6.45) is -0.485. The molecule has 0 spiro atoms. The van der Waals surface area contributed by atoms with Crippen LogP contribution in [0, 0.1) is 0 Å². The third-order valence-corrected chi connectivity index (χ3v) is 5.94. The quantitative estimate of drug-likeness (QED) is 0.235. The number of thiophene rings is 1. The first-order valence-corrected chi connectivity index (χ1v) is 10.8. The van der Waals surface area contributed by atoms with Gasteiger partial charge in [0.15, 0.2) is 0 Å². The van der Waals surface area contributed by atoms with Crippen molar-refractivity contribution in [3.63, 3.8) is 0 Å². The second-order valence-electron chi connectivity index (χ2n) is 5.31. The van der Waals surface area contributed by atoms with Crippen LogP contribution in [-0.2, 0) is 25.0 Å². The van der Waals surface area contributed by atoms with Gasteiger partial charge in [0.05, 0.1) is 21.9 Å². The van der Waals surface area contributed by atoms with Gasteiger partial charge in [-0.25, -0.2) is 16.8 Å². The molecule has 0 N–H and O–H groups in total. The molecule has 0 aliphatic carbocycles. The molecule has 29 heavy (non-hydrogen) atoms. The van der Waals surface area contributed by atoms with Crippen LogP contribution >= 0.6 is 11.3 Å². The Kier molecular flexibility index (Phi) is 8.97. The van der Waals surface area contributed by atoms with Crippen molar-refractivity contribution in [2.75, 3.05) is 5.01 Å². The van der Waals surface area contributed by atoms with Crippen LogP contribution in [0.15, 0.2) is 49.9 Å². The van der Waals surface area contributed by atoms with E-state index in [-0.39, 0.29) is 70.4 Å². The number of rotatable bonds is 5. The van der Waals surface area contributed by atoms with E-state index in [0.29, 0.717) is 23.2 Å². The predicted octanol–water partition coefficient (Wildman–Crippen LogP) is -5.46. The van der Waals surface area contributed by atoms with E-state index in [9.17, 15) is 35.5 Å². The molecule has 15 heteroatoms. The minimum absolute atomic E-state index is 0. The zero-order chi connectivity index (χ0) is 20.0. The molecule has 142 valence electrons.